The van der Waals surface area contributed by atoms with E-state index in [1.165, 1.54) is 37.7 Å². The van der Waals surface area contributed by atoms with Crippen molar-refractivity contribution in [3.63, 3.8) is 0 Å². The lowest BCUT2D eigenvalue weighted by Crippen LogP contribution is -2.42. The molecule has 18 heavy (non-hydrogen) atoms. The van der Waals surface area contributed by atoms with Gasteiger partial charge in [0.1, 0.15) is 0 Å². The van der Waals surface area contributed by atoms with Crippen LogP contribution in [0, 0.1) is 0 Å². The van der Waals surface area contributed by atoms with Crippen molar-refractivity contribution in [1.29, 1.82) is 0 Å². The molecule has 1 unspecified atom stereocenters. The number of carbonyl (C=O) groups excluding carboxylic acids is 1. The van der Waals surface area contributed by atoms with E-state index < -0.39 is 0 Å². The molecule has 0 N–H and O–H groups in total. The van der Waals surface area contributed by atoms with Gasteiger partial charge in [0.25, 0.3) is 0 Å². The fraction of sp³-hybridized carbons (Fsp3) is 0.625. The van der Waals surface area contributed by atoms with Crippen molar-refractivity contribution in [1.82, 2.24) is 0 Å². The number of hydrogen-bond acceptors (Lipinski definition) is 1. The average molecular weight is 246 g/mol. The van der Waals surface area contributed by atoms with Crippen LogP contribution in [-0.2, 0) is 4.79 Å². The lowest BCUT2D eigenvalue weighted by atomic mass is 9.85. The number of carbonyl (C=O) groups is 1. The van der Waals surface area contributed by atoms with Crippen LogP contribution in [-0.4, -0.2) is 5.78 Å². The number of ketones is 1. The van der Waals surface area contributed by atoms with Crippen molar-refractivity contribution in [3.05, 3.63) is 30.1 Å². The molecule has 0 saturated heterocycles. The Hall–Kier alpha value is -1.18. The molecule has 1 aromatic heterocycles. The minimum Gasteiger partial charge on any atom is -0.292 e. The average Bonchev–Trinajstić information content (AvgIpc) is 2.46. The Morgan fingerprint density at radius 2 is 2.11 bits per heavy atom. The molecule has 2 nitrogen and oxygen atoms in total. The molecule has 0 radical (unpaired) electrons. The summed E-state index contributed by atoms with van der Waals surface area (Å²) >= 11 is 0. The molecule has 1 fully saturated rings. The van der Waals surface area contributed by atoms with Gasteiger partial charge >= 0.3 is 0 Å². The number of Topliss-reactive ketones (excluding diaryl/α,β-unsaturated/α-hetero) is 1. The summed E-state index contributed by atoms with van der Waals surface area (Å²) in [5.74, 6) is 1.01. The van der Waals surface area contributed by atoms with Gasteiger partial charge in [-0.05, 0) is 24.8 Å². The van der Waals surface area contributed by atoms with E-state index in [-0.39, 0.29) is 6.04 Å². The van der Waals surface area contributed by atoms with Gasteiger partial charge < -0.3 is 0 Å². The summed E-state index contributed by atoms with van der Waals surface area (Å²) in [5.41, 5.74) is 1.41. The van der Waals surface area contributed by atoms with E-state index >= 15 is 0 Å². The van der Waals surface area contributed by atoms with Crippen molar-refractivity contribution in [2.45, 2.75) is 64.3 Å². The maximum absolute atomic E-state index is 11.8. The summed E-state index contributed by atoms with van der Waals surface area (Å²) in [6, 6.07) is 4.28. The predicted molar refractivity (Wildman–Crippen MR) is 72.5 cm³/mol. The van der Waals surface area contributed by atoms with Gasteiger partial charge in [0.2, 0.25) is 6.04 Å². The molecule has 1 atom stereocenters. The van der Waals surface area contributed by atoms with Crippen LogP contribution >= 0.6 is 0 Å². The molecule has 1 saturated carbocycles. The Bertz CT molecular complexity index is 407. The summed E-state index contributed by atoms with van der Waals surface area (Å²) in [4.78, 5) is 11.8. The van der Waals surface area contributed by atoms with E-state index in [0.717, 1.165) is 0 Å². The first-order chi connectivity index (χ1) is 8.72. The van der Waals surface area contributed by atoms with E-state index in [2.05, 4.69) is 22.9 Å². The highest BCUT2D eigenvalue weighted by Crippen LogP contribution is 2.31. The zero-order chi connectivity index (χ0) is 13.0. The Balaban J connectivity index is 2.16. The lowest BCUT2D eigenvalue weighted by Gasteiger charge is -2.21. The second-order valence-corrected chi connectivity index (χ2v) is 5.42. The van der Waals surface area contributed by atoms with Gasteiger partial charge in [0, 0.05) is 25.0 Å². The number of nitrogens with zero attached hydrogens (tertiary/aromatic N) is 1. The first kappa shape index (κ1) is 13.3. The second-order valence-electron chi connectivity index (χ2n) is 5.42. The van der Waals surface area contributed by atoms with Gasteiger partial charge in [-0.25, -0.2) is 0 Å². The Morgan fingerprint density at radius 3 is 2.78 bits per heavy atom. The first-order valence-corrected chi connectivity index (χ1v) is 7.25. The van der Waals surface area contributed by atoms with Gasteiger partial charge in [0.15, 0.2) is 18.2 Å². The third-order valence-corrected chi connectivity index (χ3v) is 4.18. The van der Waals surface area contributed by atoms with Crippen molar-refractivity contribution < 1.29 is 9.36 Å². The zero-order valence-corrected chi connectivity index (χ0v) is 11.6. The molecule has 0 spiro atoms. The third kappa shape index (κ3) is 2.98. The number of rotatable bonds is 4. The molecule has 0 bridgehead atoms. The molecule has 2 heteroatoms. The smallest absolute Gasteiger partial charge is 0.213 e. The topological polar surface area (TPSA) is 20.9 Å². The minimum absolute atomic E-state index is 0.0291. The van der Waals surface area contributed by atoms with Crippen LogP contribution in [0.15, 0.2) is 24.5 Å². The number of aromatic nitrogens is 1. The monoisotopic (exact) mass is 246 g/mol. The van der Waals surface area contributed by atoms with Crippen LogP contribution in [0.4, 0.5) is 0 Å². The molecule has 0 aliphatic heterocycles. The molecular weight excluding hydrogens is 222 g/mol. The quantitative estimate of drug-likeness (QED) is 0.744. The van der Waals surface area contributed by atoms with Gasteiger partial charge in [0.05, 0.1) is 0 Å². The summed E-state index contributed by atoms with van der Waals surface area (Å²) in [5, 5.41) is 0. The Labute approximate surface area is 110 Å². The van der Waals surface area contributed by atoms with E-state index in [0.29, 0.717) is 18.1 Å². The molecule has 98 valence electrons. The van der Waals surface area contributed by atoms with E-state index in [4.69, 9.17) is 0 Å². The Morgan fingerprint density at radius 1 is 1.39 bits per heavy atom. The van der Waals surface area contributed by atoms with Crippen LogP contribution < -0.4 is 4.57 Å². The van der Waals surface area contributed by atoms with Gasteiger partial charge in [-0.1, -0.05) is 26.2 Å². The molecular formula is C16H24NO+. The Kier molecular flexibility index (Phi) is 4.51. The number of pyridine rings is 1. The highest BCUT2D eigenvalue weighted by molar-refractivity contribution is 5.80. The number of hydrogen-bond donors (Lipinski definition) is 0. The fourth-order valence-electron chi connectivity index (χ4n) is 2.89. The highest BCUT2D eigenvalue weighted by Gasteiger charge is 2.22. The highest BCUT2D eigenvalue weighted by atomic mass is 16.1. The van der Waals surface area contributed by atoms with E-state index in [1.807, 2.05) is 20.0 Å². The predicted octanol–water partition coefficient (Wildman–Crippen LogP) is 3.56. The molecule has 0 aromatic carbocycles. The van der Waals surface area contributed by atoms with Crippen LogP contribution in [0.2, 0.25) is 0 Å². The summed E-state index contributed by atoms with van der Waals surface area (Å²) in [6.07, 6.45) is 11.5. The largest absolute Gasteiger partial charge is 0.292 e. The van der Waals surface area contributed by atoms with Gasteiger partial charge in [-0.15, -0.1) is 0 Å². The standard InChI is InChI=1S/C16H24NO/c1-3-16(18)13(2)17-11-7-10-15(12-17)14-8-5-4-6-9-14/h7,10-14H,3-6,8-9H2,1-2H3/q+1. The molecule has 1 aromatic rings. The van der Waals surface area contributed by atoms with Gasteiger partial charge in [-0.3, -0.25) is 4.79 Å². The van der Waals surface area contributed by atoms with Crippen LogP contribution in [0.3, 0.4) is 0 Å². The van der Waals surface area contributed by atoms with E-state index in [1.54, 1.807) is 0 Å². The van der Waals surface area contributed by atoms with Crippen LogP contribution in [0.1, 0.15) is 69.9 Å². The third-order valence-electron chi connectivity index (χ3n) is 4.18. The van der Waals surface area contributed by atoms with Crippen LogP contribution in [0.5, 0.6) is 0 Å². The normalized spacial score (nSPS) is 18.6. The fourth-order valence-corrected chi connectivity index (χ4v) is 2.89. The summed E-state index contributed by atoms with van der Waals surface area (Å²) in [7, 11) is 0. The lowest BCUT2D eigenvalue weighted by molar-refractivity contribution is -0.706. The first-order valence-electron chi connectivity index (χ1n) is 7.25. The molecule has 1 aliphatic carbocycles. The molecule has 1 aliphatic rings. The van der Waals surface area contributed by atoms with Crippen molar-refractivity contribution >= 4 is 5.78 Å². The van der Waals surface area contributed by atoms with Crippen molar-refractivity contribution in [3.8, 4) is 0 Å². The zero-order valence-electron chi connectivity index (χ0n) is 11.6. The molecule has 2 rings (SSSR count). The van der Waals surface area contributed by atoms with Crippen LogP contribution in [0.25, 0.3) is 0 Å². The maximum atomic E-state index is 11.8. The molecule has 0 amide bonds. The maximum Gasteiger partial charge on any atom is 0.213 e. The summed E-state index contributed by atoms with van der Waals surface area (Å²) in [6.45, 7) is 3.93. The van der Waals surface area contributed by atoms with Crippen molar-refractivity contribution in [2.24, 2.45) is 0 Å². The van der Waals surface area contributed by atoms with E-state index in [9.17, 15) is 4.79 Å². The molecule has 1 heterocycles. The summed E-state index contributed by atoms with van der Waals surface area (Å²) < 4.78 is 2.08. The second kappa shape index (κ2) is 6.12. The van der Waals surface area contributed by atoms with Gasteiger partial charge in [-0.2, -0.15) is 4.57 Å². The van der Waals surface area contributed by atoms with Crippen molar-refractivity contribution in [2.75, 3.05) is 0 Å². The minimum atomic E-state index is -0.0291. The SMILES string of the molecule is CCC(=O)C(C)[n+]1cccc(C2CCCCC2)c1.